The first-order valence-electron chi connectivity index (χ1n) is 10.2. The van der Waals surface area contributed by atoms with E-state index in [9.17, 15) is 15.0 Å². The number of aliphatic hydroxyl groups is 2. The number of nitrogens with zero attached hydrogens (tertiary/aromatic N) is 2. The van der Waals surface area contributed by atoms with Gasteiger partial charge in [-0.25, -0.2) is 0 Å². The summed E-state index contributed by atoms with van der Waals surface area (Å²) in [6, 6.07) is -0.220. The molecule has 0 aromatic rings. The zero-order valence-electron chi connectivity index (χ0n) is 16.3. The van der Waals surface area contributed by atoms with Gasteiger partial charge in [-0.2, -0.15) is 0 Å². The SMILES string of the molecule is COCC(=O)NCC1OC(CO)C(O)C1N1CCN(C2CCCC[NH2+]2)CC1. The number of hydrogen-bond donors (Lipinski definition) is 4. The number of piperazine rings is 1. The molecule has 5 N–H and O–H groups in total. The molecule has 0 bridgehead atoms. The number of quaternary nitrogens is 1. The van der Waals surface area contributed by atoms with Crippen LogP contribution in [0.2, 0.25) is 0 Å². The molecule has 3 heterocycles. The van der Waals surface area contributed by atoms with Crippen LogP contribution < -0.4 is 10.6 Å². The minimum absolute atomic E-state index is 0.0000679. The molecular formula is C18H35N4O5+. The van der Waals surface area contributed by atoms with Crippen LogP contribution in [0.5, 0.6) is 0 Å². The predicted molar refractivity (Wildman–Crippen MR) is 98.0 cm³/mol. The number of carbonyl (C=O) groups excluding carboxylic acids is 1. The smallest absolute Gasteiger partial charge is 0.246 e. The number of aliphatic hydroxyl groups excluding tert-OH is 2. The zero-order chi connectivity index (χ0) is 19.2. The van der Waals surface area contributed by atoms with E-state index in [4.69, 9.17) is 9.47 Å². The molecule has 5 unspecified atom stereocenters. The van der Waals surface area contributed by atoms with E-state index >= 15 is 0 Å². The van der Waals surface area contributed by atoms with E-state index in [2.05, 4.69) is 20.4 Å². The van der Waals surface area contributed by atoms with E-state index in [1.807, 2.05) is 0 Å². The molecule has 3 fully saturated rings. The van der Waals surface area contributed by atoms with Crippen molar-refractivity contribution in [2.24, 2.45) is 0 Å². The molecule has 9 heteroatoms. The van der Waals surface area contributed by atoms with Crippen LogP contribution in [-0.2, 0) is 14.3 Å². The Morgan fingerprint density at radius 3 is 2.59 bits per heavy atom. The summed E-state index contributed by atoms with van der Waals surface area (Å²) >= 11 is 0. The Bertz CT molecular complexity index is 469. The summed E-state index contributed by atoms with van der Waals surface area (Å²) in [5, 5.41) is 25.4. The van der Waals surface area contributed by atoms with E-state index in [1.54, 1.807) is 0 Å². The lowest BCUT2D eigenvalue weighted by Gasteiger charge is -2.42. The predicted octanol–water partition coefficient (Wildman–Crippen LogP) is -3.07. The van der Waals surface area contributed by atoms with Crippen LogP contribution in [0, 0.1) is 0 Å². The number of amides is 1. The van der Waals surface area contributed by atoms with Gasteiger partial charge in [0.1, 0.15) is 25.0 Å². The third kappa shape index (κ3) is 5.17. The number of ether oxygens (including phenoxy) is 2. The molecule has 3 saturated heterocycles. The van der Waals surface area contributed by atoms with Crippen LogP contribution in [0.15, 0.2) is 0 Å². The average molecular weight is 388 g/mol. The summed E-state index contributed by atoms with van der Waals surface area (Å²) in [5.74, 6) is -0.209. The van der Waals surface area contributed by atoms with Crippen molar-refractivity contribution in [3.05, 3.63) is 0 Å². The average Bonchev–Trinajstić information content (AvgIpc) is 3.03. The number of piperidine rings is 1. The number of nitrogens with one attached hydrogen (secondary N) is 1. The molecule has 5 atom stereocenters. The summed E-state index contributed by atoms with van der Waals surface area (Å²) < 4.78 is 10.7. The van der Waals surface area contributed by atoms with Crippen molar-refractivity contribution in [2.75, 3.05) is 59.6 Å². The maximum Gasteiger partial charge on any atom is 0.246 e. The lowest BCUT2D eigenvalue weighted by Crippen LogP contribution is -2.95. The molecule has 0 saturated carbocycles. The fraction of sp³-hybridized carbons (Fsp3) is 0.944. The Morgan fingerprint density at radius 1 is 1.22 bits per heavy atom. The number of rotatable bonds is 7. The van der Waals surface area contributed by atoms with Crippen LogP contribution in [0.1, 0.15) is 19.3 Å². The van der Waals surface area contributed by atoms with Gasteiger partial charge in [-0.05, 0) is 12.8 Å². The molecule has 0 aromatic heterocycles. The monoisotopic (exact) mass is 387 g/mol. The van der Waals surface area contributed by atoms with Crippen LogP contribution >= 0.6 is 0 Å². The van der Waals surface area contributed by atoms with Crippen LogP contribution in [0.25, 0.3) is 0 Å². The van der Waals surface area contributed by atoms with E-state index in [-0.39, 0.29) is 31.3 Å². The summed E-state index contributed by atoms with van der Waals surface area (Å²) in [7, 11) is 1.48. The highest BCUT2D eigenvalue weighted by molar-refractivity contribution is 5.77. The molecule has 0 aliphatic carbocycles. The summed E-state index contributed by atoms with van der Waals surface area (Å²) in [5.41, 5.74) is 0. The maximum absolute atomic E-state index is 11.7. The van der Waals surface area contributed by atoms with Crippen molar-refractivity contribution < 1.29 is 29.8 Å². The van der Waals surface area contributed by atoms with E-state index < -0.39 is 12.2 Å². The quantitative estimate of drug-likeness (QED) is 0.367. The van der Waals surface area contributed by atoms with Gasteiger partial charge in [0.05, 0.1) is 25.3 Å². The molecule has 0 spiro atoms. The van der Waals surface area contributed by atoms with Gasteiger partial charge in [0.25, 0.3) is 0 Å². The largest absolute Gasteiger partial charge is 0.394 e. The Balaban J connectivity index is 1.55. The minimum atomic E-state index is -0.757. The normalized spacial score (nSPS) is 36.0. The van der Waals surface area contributed by atoms with Crippen molar-refractivity contribution in [3.8, 4) is 0 Å². The molecule has 3 aliphatic rings. The highest BCUT2D eigenvalue weighted by atomic mass is 16.5. The Hall–Kier alpha value is -0.810. The third-order valence-corrected chi connectivity index (χ3v) is 6.05. The summed E-state index contributed by atoms with van der Waals surface area (Å²) in [6.07, 6.45) is 2.73. The molecule has 156 valence electrons. The van der Waals surface area contributed by atoms with Crippen molar-refractivity contribution >= 4 is 5.91 Å². The van der Waals surface area contributed by atoms with Crippen LogP contribution in [0.4, 0.5) is 0 Å². The first-order chi connectivity index (χ1) is 13.1. The number of hydrogen-bond acceptors (Lipinski definition) is 7. The van der Waals surface area contributed by atoms with E-state index in [0.717, 1.165) is 26.2 Å². The third-order valence-electron chi connectivity index (χ3n) is 6.05. The minimum Gasteiger partial charge on any atom is -0.394 e. The second-order valence-corrected chi connectivity index (χ2v) is 7.77. The first kappa shape index (κ1) is 20.9. The highest BCUT2D eigenvalue weighted by Gasteiger charge is 2.47. The van der Waals surface area contributed by atoms with E-state index in [0.29, 0.717) is 12.7 Å². The van der Waals surface area contributed by atoms with Gasteiger partial charge >= 0.3 is 0 Å². The van der Waals surface area contributed by atoms with Gasteiger partial charge in [-0.15, -0.1) is 0 Å². The molecular weight excluding hydrogens is 352 g/mol. The zero-order valence-corrected chi connectivity index (χ0v) is 16.3. The Labute approximate surface area is 161 Å². The van der Waals surface area contributed by atoms with Gasteiger partial charge in [0, 0.05) is 46.3 Å². The molecule has 27 heavy (non-hydrogen) atoms. The van der Waals surface area contributed by atoms with E-state index in [1.165, 1.54) is 32.9 Å². The van der Waals surface area contributed by atoms with Gasteiger partial charge in [-0.1, -0.05) is 0 Å². The fourth-order valence-corrected chi connectivity index (χ4v) is 4.62. The topological polar surface area (TPSA) is 111 Å². The lowest BCUT2D eigenvalue weighted by molar-refractivity contribution is -0.717. The standard InChI is InChI=1S/C18H34N4O5/c1-26-12-16(24)20-10-13-17(18(25)14(11-23)27-13)22-8-6-21(7-9-22)15-4-2-3-5-19-15/h13-15,17-19,23,25H,2-12H2,1H3,(H,20,24)/p+1. The second-order valence-electron chi connectivity index (χ2n) is 7.77. The Kier molecular flexibility index (Phi) is 7.83. The maximum atomic E-state index is 11.7. The van der Waals surface area contributed by atoms with Gasteiger partial charge in [-0.3, -0.25) is 14.6 Å². The van der Waals surface area contributed by atoms with Gasteiger partial charge in [0.15, 0.2) is 0 Å². The molecule has 3 rings (SSSR count). The number of carbonyl (C=O) groups is 1. The van der Waals surface area contributed by atoms with Crippen LogP contribution in [0.3, 0.4) is 0 Å². The molecule has 1 amide bonds. The van der Waals surface area contributed by atoms with Crippen molar-refractivity contribution in [3.63, 3.8) is 0 Å². The first-order valence-corrected chi connectivity index (χ1v) is 10.2. The van der Waals surface area contributed by atoms with Crippen molar-refractivity contribution in [2.45, 2.75) is 49.8 Å². The summed E-state index contributed by atoms with van der Waals surface area (Å²) in [6.45, 7) is 4.94. The molecule has 0 radical (unpaired) electrons. The van der Waals surface area contributed by atoms with Crippen molar-refractivity contribution in [1.29, 1.82) is 0 Å². The Morgan fingerprint density at radius 2 is 1.96 bits per heavy atom. The second kappa shape index (κ2) is 10.1. The van der Waals surface area contributed by atoms with Crippen molar-refractivity contribution in [1.82, 2.24) is 15.1 Å². The van der Waals surface area contributed by atoms with Crippen LogP contribution in [-0.4, -0.2) is 116 Å². The summed E-state index contributed by atoms with van der Waals surface area (Å²) in [4.78, 5) is 16.5. The lowest BCUT2D eigenvalue weighted by atomic mass is 10.0. The number of methoxy groups -OCH3 is 1. The number of nitrogens with two attached hydrogens (primary N) is 1. The molecule has 3 aliphatic heterocycles. The van der Waals surface area contributed by atoms with Gasteiger partial charge in [0.2, 0.25) is 5.91 Å². The van der Waals surface area contributed by atoms with Gasteiger partial charge < -0.3 is 30.3 Å². The molecule has 9 nitrogen and oxygen atoms in total. The molecule has 0 aromatic carbocycles. The fourth-order valence-electron chi connectivity index (χ4n) is 4.62. The highest BCUT2D eigenvalue weighted by Crippen LogP contribution is 2.27.